The van der Waals surface area contributed by atoms with Crippen LogP contribution in [0, 0.1) is 0 Å². The first-order valence-electron chi connectivity index (χ1n) is 6.00. The Balaban J connectivity index is 2.85. The van der Waals surface area contributed by atoms with Crippen molar-refractivity contribution in [2.75, 3.05) is 0 Å². The third kappa shape index (κ3) is 6.01. The minimum Gasteiger partial charge on any atom is -0.481 e. The summed E-state index contributed by atoms with van der Waals surface area (Å²) >= 11 is 3.21. The van der Waals surface area contributed by atoms with Gasteiger partial charge in [0.25, 0.3) is 0 Å². The van der Waals surface area contributed by atoms with Crippen LogP contribution in [0.3, 0.4) is 0 Å². The van der Waals surface area contributed by atoms with Crippen molar-refractivity contribution in [3.8, 4) is 0 Å². The molecule has 20 heavy (non-hydrogen) atoms. The van der Waals surface area contributed by atoms with Crippen LogP contribution in [0.5, 0.6) is 0 Å². The third-order valence-corrected chi connectivity index (χ3v) is 2.66. The van der Waals surface area contributed by atoms with E-state index in [1.807, 2.05) is 0 Å². The Morgan fingerprint density at radius 3 is 2.65 bits per heavy atom. The number of hydrogen-bond donors (Lipinski definition) is 2. The number of nitrogens with one attached hydrogen (secondary N) is 1. The van der Waals surface area contributed by atoms with E-state index in [1.165, 1.54) is 6.20 Å². The molecule has 0 unspecified atom stereocenters. The molecule has 1 aromatic heterocycles. The van der Waals surface area contributed by atoms with Gasteiger partial charge >= 0.3 is 12.1 Å². The third-order valence-electron chi connectivity index (χ3n) is 2.22. The van der Waals surface area contributed by atoms with Gasteiger partial charge in [-0.1, -0.05) is 0 Å². The van der Waals surface area contributed by atoms with Crippen molar-refractivity contribution in [2.45, 2.75) is 38.8 Å². The smallest absolute Gasteiger partial charge is 0.408 e. The van der Waals surface area contributed by atoms with E-state index in [4.69, 9.17) is 9.84 Å². The molecule has 0 aliphatic rings. The van der Waals surface area contributed by atoms with Crippen molar-refractivity contribution in [2.24, 2.45) is 0 Å². The van der Waals surface area contributed by atoms with Crippen LogP contribution in [-0.2, 0) is 9.53 Å². The SMILES string of the molecule is CC(C)(C)OC(=O)N[C@@H](CC(=O)O)c1ccnc(Br)c1. The van der Waals surface area contributed by atoms with Crippen molar-refractivity contribution in [3.63, 3.8) is 0 Å². The maximum atomic E-state index is 11.8. The van der Waals surface area contributed by atoms with Gasteiger partial charge in [0, 0.05) is 6.20 Å². The van der Waals surface area contributed by atoms with Crippen molar-refractivity contribution < 1.29 is 19.4 Å². The van der Waals surface area contributed by atoms with Crippen LogP contribution in [0.1, 0.15) is 38.8 Å². The summed E-state index contributed by atoms with van der Waals surface area (Å²) < 4.78 is 5.70. The predicted octanol–water partition coefficient (Wildman–Crippen LogP) is 2.88. The summed E-state index contributed by atoms with van der Waals surface area (Å²) in [5.41, 5.74) is -0.00317. The zero-order valence-corrected chi connectivity index (χ0v) is 13.1. The Morgan fingerprint density at radius 2 is 2.15 bits per heavy atom. The van der Waals surface area contributed by atoms with Gasteiger partial charge in [0.2, 0.25) is 0 Å². The first-order valence-corrected chi connectivity index (χ1v) is 6.79. The molecule has 0 spiro atoms. The Morgan fingerprint density at radius 1 is 1.50 bits per heavy atom. The van der Waals surface area contributed by atoms with Crippen LogP contribution in [0.4, 0.5) is 4.79 Å². The molecule has 1 rings (SSSR count). The van der Waals surface area contributed by atoms with Gasteiger partial charge in [-0.25, -0.2) is 9.78 Å². The molecule has 1 atom stereocenters. The lowest BCUT2D eigenvalue weighted by molar-refractivity contribution is -0.137. The highest BCUT2D eigenvalue weighted by Gasteiger charge is 2.22. The Hall–Kier alpha value is -1.63. The van der Waals surface area contributed by atoms with Gasteiger partial charge in [-0.05, 0) is 54.4 Å². The number of carboxylic acids is 1. The Kier molecular flexibility index (Phi) is 5.50. The molecule has 0 saturated heterocycles. The van der Waals surface area contributed by atoms with Crippen molar-refractivity contribution in [3.05, 3.63) is 28.5 Å². The van der Waals surface area contributed by atoms with Gasteiger partial charge < -0.3 is 15.2 Å². The normalized spacial score (nSPS) is 12.6. The maximum Gasteiger partial charge on any atom is 0.408 e. The molecule has 7 heteroatoms. The van der Waals surface area contributed by atoms with Crippen molar-refractivity contribution in [1.82, 2.24) is 10.3 Å². The van der Waals surface area contributed by atoms with E-state index >= 15 is 0 Å². The number of aliphatic carboxylic acids is 1. The van der Waals surface area contributed by atoms with E-state index in [2.05, 4.69) is 26.2 Å². The molecule has 1 aromatic rings. The number of ether oxygens (including phenoxy) is 1. The topological polar surface area (TPSA) is 88.5 Å². The van der Waals surface area contributed by atoms with Crippen LogP contribution >= 0.6 is 15.9 Å². The monoisotopic (exact) mass is 344 g/mol. The van der Waals surface area contributed by atoms with Crippen molar-refractivity contribution >= 4 is 28.0 Å². The summed E-state index contributed by atoms with van der Waals surface area (Å²) in [4.78, 5) is 26.6. The second-order valence-corrected chi connectivity index (χ2v) is 6.02. The number of halogens is 1. The number of rotatable bonds is 4. The second kappa shape index (κ2) is 6.69. The first kappa shape index (κ1) is 16.4. The van der Waals surface area contributed by atoms with E-state index < -0.39 is 23.7 Å². The van der Waals surface area contributed by atoms with Crippen LogP contribution in [0.15, 0.2) is 22.9 Å². The Labute approximate surface area is 125 Å². The molecule has 1 amide bonds. The van der Waals surface area contributed by atoms with Crippen molar-refractivity contribution in [1.29, 1.82) is 0 Å². The Bertz CT molecular complexity index is 499. The lowest BCUT2D eigenvalue weighted by atomic mass is 10.1. The summed E-state index contributed by atoms with van der Waals surface area (Å²) in [6, 6.07) is 2.63. The summed E-state index contributed by atoms with van der Waals surface area (Å²) in [6.45, 7) is 5.21. The average Bonchev–Trinajstić information content (AvgIpc) is 2.24. The van der Waals surface area contributed by atoms with Gasteiger partial charge in [-0.15, -0.1) is 0 Å². The molecule has 6 nitrogen and oxygen atoms in total. The molecular weight excluding hydrogens is 328 g/mol. The highest BCUT2D eigenvalue weighted by atomic mass is 79.9. The zero-order valence-electron chi connectivity index (χ0n) is 11.5. The minimum absolute atomic E-state index is 0.240. The van der Waals surface area contributed by atoms with E-state index in [1.54, 1.807) is 32.9 Å². The molecule has 2 N–H and O–H groups in total. The average molecular weight is 345 g/mol. The van der Waals surface area contributed by atoms with Gasteiger partial charge in [-0.3, -0.25) is 4.79 Å². The summed E-state index contributed by atoms with van der Waals surface area (Å²) in [5.74, 6) is -1.01. The fraction of sp³-hybridized carbons (Fsp3) is 0.462. The summed E-state index contributed by atoms with van der Waals surface area (Å²) in [7, 11) is 0. The highest BCUT2D eigenvalue weighted by Crippen LogP contribution is 2.20. The molecule has 0 fully saturated rings. The number of carbonyl (C=O) groups excluding carboxylic acids is 1. The highest BCUT2D eigenvalue weighted by molar-refractivity contribution is 9.10. The first-order chi connectivity index (χ1) is 9.17. The molecule has 0 radical (unpaired) electrons. The van der Waals surface area contributed by atoms with Gasteiger partial charge in [0.1, 0.15) is 10.2 Å². The summed E-state index contributed by atoms with van der Waals surface area (Å²) in [6.07, 6.45) is 0.637. The molecule has 0 aliphatic heterocycles. The van der Waals surface area contributed by atoms with E-state index in [0.29, 0.717) is 10.2 Å². The second-order valence-electron chi connectivity index (χ2n) is 5.21. The zero-order chi connectivity index (χ0) is 15.3. The molecule has 0 bridgehead atoms. The molecule has 1 heterocycles. The number of alkyl carbamates (subject to hydrolysis) is 1. The van der Waals surface area contributed by atoms with Gasteiger partial charge in [-0.2, -0.15) is 0 Å². The van der Waals surface area contributed by atoms with E-state index in [-0.39, 0.29) is 6.42 Å². The fourth-order valence-electron chi connectivity index (χ4n) is 1.51. The van der Waals surface area contributed by atoms with Crippen LogP contribution < -0.4 is 5.32 Å². The summed E-state index contributed by atoms with van der Waals surface area (Å²) in [5, 5.41) is 11.5. The van der Waals surface area contributed by atoms with Crippen LogP contribution in [-0.4, -0.2) is 27.8 Å². The fourth-order valence-corrected chi connectivity index (χ4v) is 1.89. The standard InChI is InChI=1S/C13H17BrN2O4/c1-13(2,3)20-12(19)16-9(7-11(17)18)8-4-5-15-10(14)6-8/h4-6,9H,7H2,1-3H3,(H,16,19)(H,17,18)/t9-/m0/s1. The number of pyridine rings is 1. The number of amides is 1. The molecular formula is C13H17BrN2O4. The number of aromatic nitrogens is 1. The van der Waals surface area contributed by atoms with E-state index in [9.17, 15) is 9.59 Å². The lowest BCUT2D eigenvalue weighted by Gasteiger charge is -2.23. The number of carboxylic acid groups (broad SMARTS) is 1. The molecule has 0 aliphatic carbocycles. The predicted molar refractivity (Wildman–Crippen MR) is 76.3 cm³/mol. The minimum atomic E-state index is -1.01. The molecule has 110 valence electrons. The van der Waals surface area contributed by atoms with E-state index in [0.717, 1.165) is 0 Å². The molecule has 0 saturated carbocycles. The number of nitrogens with zero attached hydrogens (tertiary/aromatic N) is 1. The number of carbonyl (C=O) groups is 2. The lowest BCUT2D eigenvalue weighted by Crippen LogP contribution is -2.35. The van der Waals surface area contributed by atoms with Crippen LogP contribution in [0.25, 0.3) is 0 Å². The van der Waals surface area contributed by atoms with Gasteiger partial charge in [0.05, 0.1) is 12.5 Å². The largest absolute Gasteiger partial charge is 0.481 e. The van der Waals surface area contributed by atoms with Crippen LogP contribution in [0.2, 0.25) is 0 Å². The quantitative estimate of drug-likeness (QED) is 0.819. The maximum absolute atomic E-state index is 11.8. The molecule has 0 aromatic carbocycles. The number of hydrogen-bond acceptors (Lipinski definition) is 4. The van der Waals surface area contributed by atoms with Gasteiger partial charge in [0.15, 0.2) is 0 Å².